The molecule has 0 radical (unpaired) electrons. The van der Waals surface area contributed by atoms with Crippen LogP contribution < -0.4 is 0 Å². The molecule has 2 nitrogen and oxygen atoms in total. The summed E-state index contributed by atoms with van der Waals surface area (Å²) in [5, 5.41) is 0. The van der Waals surface area contributed by atoms with E-state index in [1.165, 1.54) is 0 Å². The molecule has 0 aliphatic carbocycles. The minimum absolute atomic E-state index is 0.0128. The molecule has 1 fully saturated rings. The zero-order valence-corrected chi connectivity index (χ0v) is 7.30. The highest BCUT2D eigenvalue weighted by atomic mass is 16.5. The highest BCUT2D eigenvalue weighted by Gasteiger charge is 2.20. The third-order valence-corrected chi connectivity index (χ3v) is 2.15. The van der Waals surface area contributed by atoms with Crippen LogP contribution in [0.5, 0.6) is 0 Å². The van der Waals surface area contributed by atoms with E-state index in [0.29, 0.717) is 12.3 Å². The SMILES string of the molecule is CC(C)C1CCCCC(=O)O1. The molecule has 1 atom stereocenters. The predicted molar refractivity (Wildman–Crippen MR) is 43.2 cm³/mol. The van der Waals surface area contributed by atoms with Gasteiger partial charge in [0, 0.05) is 6.42 Å². The maximum absolute atomic E-state index is 11.0. The molecule has 0 aromatic carbocycles. The highest BCUT2D eigenvalue weighted by Crippen LogP contribution is 2.19. The second-order valence-electron chi connectivity index (χ2n) is 3.52. The summed E-state index contributed by atoms with van der Waals surface area (Å²) in [4.78, 5) is 11.0. The van der Waals surface area contributed by atoms with Gasteiger partial charge in [-0.2, -0.15) is 0 Å². The Labute approximate surface area is 67.9 Å². The Hall–Kier alpha value is -0.530. The summed E-state index contributed by atoms with van der Waals surface area (Å²) in [6.07, 6.45) is 3.97. The van der Waals surface area contributed by atoms with E-state index >= 15 is 0 Å². The summed E-state index contributed by atoms with van der Waals surface area (Å²) in [6.45, 7) is 4.20. The van der Waals surface area contributed by atoms with Crippen molar-refractivity contribution in [2.24, 2.45) is 5.92 Å². The molecular formula is C9H16O2. The van der Waals surface area contributed by atoms with Crippen LogP contribution in [0.3, 0.4) is 0 Å². The Kier molecular flexibility index (Phi) is 2.92. The molecular weight excluding hydrogens is 140 g/mol. The van der Waals surface area contributed by atoms with E-state index in [1.807, 2.05) is 0 Å². The summed E-state index contributed by atoms with van der Waals surface area (Å²) < 4.78 is 5.23. The molecule has 64 valence electrons. The first kappa shape index (κ1) is 8.57. The average molecular weight is 156 g/mol. The number of esters is 1. The number of ether oxygens (including phenoxy) is 1. The van der Waals surface area contributed by atoms with Crippen LogP contribution in [-0.2, 0) is 9.53 Å². The van der Waals surface area contributed by atoms with E-state index < -0.39 is 0 Å². The lowest BCUT2D eigenvalue weighted by atomic mass is 10.0. The molecule has 0 bridgehead atoms. The van der Waals surface area contributed by atoms with Crippen LogP contribution in [0.1, 0.15) is 39.5 Å². The van der Waals surface area contributed by atoms with Crippen molar-refractivity contribution in [3.05, 3.63) is 0 Å². The topological polar surface area (TPSA) is 26.3 Å². The molecule has 0 aromatic heterocycles. The lowest BCUT2D eigenvalue weighted by Gasteiger charge is -2.18. The average Bonchev–Trinajstić information content (AvgIpc) is 2.13. The fourth-order valence-corrected chi connectivity index (χ4v) is 1.37. The van der Waals surface area contributed by atoms with E-state index in [2.05, 4.69) is 13.8 Å². The van der Waals surface area contributed by atoms with Crippen molar-refractivity contribution in [3.63, 3.8) is 0 Å². The third kappa shape index (κ3) is 2.52. The van der Waals surface area contributed by atoms with Gasteiger partial charge in [-0.15, -0.1) is 0 Å². The highest BCUT2D eigenvalue weighted by molar-refractivity contribution is 5.69. The van der Waals surface area contributed by atoms with E-state index in [-0.39, 0.29) is 12.1 Å². The summed E-state index contributed by atoms with van der Waals surface area (Å²) >= 11 is 0. The fourth-order valence-electron chi connectivity index (χ4n) is 1.37. The molecule has 11 heavy (non-hydrogen) atoms. The second kappa shape index (κ2) is 3.74. The molecule has 1 saturated heterocycles. The van der Waals surface area contributed by atoms with Crippen LogP contribution in [0, 0.1) is 5.92 Å². The molecule has 1 aliphatic heterocycles. The summed E-state index contributed by atoms with van der Waals surface area (Å²) in [6, 6.07) is 0. The van der Waals surface area contributed by atoms with Crippen LogP contribution >= 0.6 is 0 Å². The number of cyclic esters (lactones) is 1. The minimum Gasteiger partial charge on any atom is -0.462 e. The van der Waals surface area contributed by atoms with Crippen LogP contribution in [0.2, 0.25) is 0 Å². The maximum Gasteiger partial charge on any atom is 0.306 e. The Morgan fingerprint density at radius 3 is 2.82 bits per heavy atom. The number of rotatable bonds is 1. The zero-order valence-electron chi connectivity index (χ0n) is 7.30. The first-order valence-electron chi connectivity index (χ1n) is 4.39. The minimum atomic E-state index is -0.0128. The zero-order chi connectivity index (χ0) is 8.27. The van der Waals surface area contributed by atoms with E-state index in [0.717, 1.165) is 19.3 Å². The Bertz CT molecular complexity index is 140. The standard InChI is InChI=1S/C9H16O2/c1-7(2)8-5-3-4-6-9(10)11-8/h7-8H,3-6H2,1-2H3. The summed E-state index contributed by atoms with van der Waals surface area (Å²) in [5.41, 5.74) is 0. The number of hydrogen-bond acceptors (Lipinski definition) is 2. The molecule has 0 spiro atoms. The van der Waals surface area contributed by atoms with Gasteiger partial charge in [0.15, 0.2) is 0 Å². The molecule has 0 aromatic rings. The van der Waals surface area contributed by atoms with Gasteiger partial charge in [-0.05, 0) is 25.2 Å². The predicted octanol–water partition coefficient (Wildman–Crippen LogP) is 2.13. The van der Waals surface area contributed by atoms with Gasteiger partial charge in [0.2, 0.25) is 0 Å². The molecule has 1 unspecified atom stereocenters. The van der Waals surface area contributed by atoms with Crippen molar-refractivity contribution in [1.29, 1.82) is 0 Å². The van der Waals surface area contributed by atoms with Crippen molar-refractivity contribution in [2.75, 3.05) is 0 Å². The van der Waals surface area contributed by atoms with E-state index in [1.54, 1.807) is 0 Å². The summed E-state index contributed by atoms with van der Waals surface area (Å²) in [5.74, 6) is 0.457. The van der Waals surface area contributed by atoms with E-state index in [4.69, 9.17) is 4.74 Å². The monoisotopic (exact) mass is 156 g/mol. The van der Waals surface area contributed by atoms with Gasteiger partial charge in [0.25, 0.3) is 0 Å². The number of hydrogen-bond donors (Lipinski definition) is 0. The van der Waals surface area contributed by atoms with Crippen LogP contribution in [-0.4, -0.2) is 12.1 Å². The van der Waals surface area contributed by atoms with Crippen molar-refractivity contribution >= 4 is 5.97 Å². The van der Waals surface area contributed by atoms with Gasteiger partial charge >= 0.3 is 5.97 Å². The largest absolute Gasteiger partial charge is 0.462 e. The van der Waals surface area contributed by atoms with Crippen LogP contribution in [0.15, 0.2) is 0 Å². The van der Waals surface area contributed by atoms with Crippen molar-refractivity contribution in [2.45, 2.75) is 45.6 Å². The Morgan fingerprint density at radius 1 is 1.45 bits per heavy atom. The van der Waals surface area contributed by atoms with Gasteiger partial charge in [-0.25, -0.2) is 0 Å². The first-order valence-corrected chi connectivity index (χ1v) is 4.39. The first-order chi connectivity index (χ1) is 5.20. The molecule has 0 saturated carbocycles. The van der Waals surface area contributed by atoms with Crippen molar-refractivity contribution < 1.29 is 9.53 Å². The van der Waals surface area contributed by atoms with Crippen molar-refractivity contribution in [1.82, 2.24) is 0 Å². The fraction of sp³-hybridized carbons (Fsp3) is 0.889. The molecule has 0 amide bonds. The second-order valence-corrected chi connectivity index (χ2v) is 3.52. The number of carbonyl (C=O) groups is 1. The van der Waals surface area contributed by atoms with Gasteiger partial charge in [0.05, 0.1) is 0 Å². The van der Waals surface area contributed by atoms with Gasteiger partial charge in [-0.3, -0.25) is 4.79 Å². The van der Waals surface area contributed by atoms with E-state index in [9.17, 15) is 4.79 Å². The van der Waals surface area contributed by atoms with Gasteiger partial charge < -0.3 is 4.74 Å². The lowest BCUT2D eigenvalue weighted by Crippen LogP contribution is -2.21. The summed E-state index contributed by atoms with van der Waals surface area (Å²) in [7, 11) is 0. The molecule has 1 heterocycles. The Balaban J connectivity index is 2.45. The lowest BCUT2D eigenvalue weighted by molar-refractivity contribution is -0.150. The molecule has 2 heteroatoms. The molecule has 0 N–H and O–H groups in total. The van der Waals surface area contributed by atoms with Crippen LogP contribution in [0.4, 0.5) is 0 Å². The third-order valence-electron chi connectivity index (χ3n) is 2.15. The molecule has 1 aliphatic rings. The van der Waals surface area contributed by atoms with Gasteiger partial charge in [-0.1, -0.05) is 13.8 Å². The normalized spacial score (nSPS) is 26.5. The smallest absolute Gasteiger partial charge is 0.306 e. The maximum atomic E-state index is 11.0. The van der Waals surface area contributed by atoms with Crippen LogP contribution in [0.25, 0.3) is 0 Å². The Morgan fingerprint density at radius 2 is 2.18 bits per heavy atom. The van der Waals surface area contributed by atoms with Gasteiger partial charge in [0.1, 0.15) is 6.10 Å². The number of carbonyl (C=O) groups excluding carboxylic acids is 1. The molecule has 1 rings (SSSR count). The van der Waals surface area contributed by atoms with Crippen molar-refractivity contribution in [3.8, 4) is 0 Å². The quantitative estimate of drug-likeness (QED) is 0.543.